The number of aliphatic hydroxyl groups is 20. The summed E-state index contributed by atoms with van der Waals surface area (Å²) in [6.45, 7) is -7.27. The third-order valence-electron chi connectivity index (χ3n) is 15.5. The highest BCUT2D eigenvalue weighted by molar-refractivity contribution is 8.00. The molecule has 15 aliphatic heterocycles. The number of aliphatic hydroxyl groups excluding tert-OH is 20. The van der Waals surface area contributed by atoms with E-state index in [0.29, 0.717) is 0 Å². The molecule has 0 aliphatic carbocycles. The lowest BCUT2D eigenvalue weighted by Crippen LogP contribution is -2.70. The molecule has 81 heavy (non-hydrogen) atoms. The van der Waals surface area contributed by atoms with Crippen LogP contribution in [0.2, 0.25) is 0 Å². The van der Waals surface area contributed by atoms with Crippen molar-refractivity contribution in [1.29, 1.82) is 0 Å². The van der Waals surface area contributed by atoms with Crippen molar-refractivity contribution in [2.75, 3.05) is 53.3 Å². The largest absolute Gasteiger partial charge is 0.411 e. The first-order valence-electron chi connectivity index (χ1n) is 25.7. The minimum Gasteiger partial charge on any atom is -0.411 e. The monoisotopic (exact) mass is 1220 g/mol. The van der Waals surface area contributed by atoms with Crippen molar-refractivity contribution in [2.45, 2.75) is 215 Å². The molecule has 15 rings (SSSR count). The Morgan fingerprint density at radius 3 is 0.617 bits per heavy atom. The lowest BCUT2D eigenvalue weighted by atomic mass is 9.94. The van der Waals surface area contributed by atoms with E-state index in [0.717, 1.165) is 4.90 Å². The first-order chi connectivity index (χ1) is 38.5. The predicted octanol–water partition coefficient (Wildman–Crippen LogP) is -14.5. The van der Waals surface area contributed by atoms with E-state index < -0.39 is 261 Å². The van der Waals surface area contributed by atoms with Crippen LogP contribution < -0.4 is 0 Å². The van der Waals surface area contributed by atoms with Gasteiger partial charge in [0, 0.05) is 7.05 Å². The minimum absolute atomic E-state index is 0.344. The molecule has 20 N–H and O–H groups in total. The number of hydrogen-bond donors (Lipinski definition) is 20. The Morgan fingerprint density at radius 2 is 0.444 bits per heavy atom. The van der Waals surface area contributed by atoms with E-state index >= 15 is 0 Å². The van der Waals surface area contributed by atoms with E-state index in [-0.39, 0.29) is 4.32 Å². The van der Waals surface area contributed by atoms with Crippen molar-refractivity contribution >= 4 is 29.2 Å². The average molecular weight is 1220 g/mol. The molecule has 37 heteroatoms. The number of thiocarbonyl (C=S) groups is 1. The fraction of sp³-hybridized carbons (Fsp3) is 0.977. The van der Waals surface area contributed by atoms with E-state index in [2.05, 4.69) is 0 Å². The Bertz CT molecular complexity index is 1990. The highest BCUT2D eigenvalue weighted by atomic mass is 32.1. The van der Waals surface area contributed by atoms with Crippen molar-refractivity contribution < 1.29 is 168 Å². The van der Waals surface area contributed by atoms with E-state index in [9.17, 15) is 102 Å². The summed E-state index contributed by atoms with van der Waals surface area (Å²) >= 11 is 10.4. The van der Waals surface area contributed by atoms with Crippen LogP contribution in [0.25, 0.3) is 0 Å². The molecule has 0 spiro atoms. The van der Waals surface area contributed by atoms with Gasteiger partial charge in [-0.3, -0.25) is 0 Å². The van der Waals surface area contributed by atoms with Gasteiger partial charge < -0.3 is 198 Å². The standard InChI is InChI=1S/C44H73NO34S2/c1-45(44(80)81)16-17(53)30-9(2-46)66-37(16)73-31-10(3-47)67-39(24(60)18(31)54)75-33-12(5-49)69-41(26(62)20(33)56)77-35-14(7-51)71-43(28(64)22(35)58)79-36-15(8-52)72-42(29(65)23(36)59)78-34-13(6-50)70-40(27(63)21(34)57)76-32-11(4-48)68-38(74-30)25(61)19(32)55/h9-43,46-65H,2-8H2,1H3,(H,80,81)/p-1/t9-,10+,11-,12+,13-,14+,15-,16+,17-,18-,19-,20?,21-,22?,23-,24-,25+,26-,27+,28-,29+,30-,31+,32?,33+,34?,35+,36+,37-,38-,39+,40?,41+,42?,43+/m1/s1. The first kappa shape index (κ1) is 65.7. The van der Waals surface area contributed by atoms with Gasteiger partial charge in [0.25, 0.3) is 0 Å². The fourth-order valence-corrected chi connectivity index (χ4v) is 11.2. The molecule has 35 nitrogen and oxygen atoms in total. The zero-order valence-corrected chi connectivity index (χ0v) is 44.2. The van der Waals surface area contributed by atoms with Crippen LogP contribution in [0.15, 0.2) is 0 Å². The smallest absolute Gasteiger partial charge is 0.187 e. The van der Waals surface area contributed by atoms with E-state index in [1.165, 1.54) is 7.05 Å². The van der Waals surface area contributed by atoms with Crippen LogP contribution in [-0.4, -0.2) is 380 Å². The molecule has 15 saturated heterocycles. The Morgan fingerprint density at radius 1 is 0.284 bits per heavy atom. The van der Waals surface area contributed by atoms with Crippen LogP contribution in [0, 0.1) is 0 Å². The third kappa shape index (κ3) is 13.0. The topological polar surface area (TPSA) is 537 Å². The van der Waals surface area contributed by atoms with Crippen LogP contribution >= 0.6 is 12.2 Å². The summed E-state index contributed by atoms with van der Waals surface area (Å²) in [5.74, 6) is 0. The summed E-state index contributed by atoms with van der Waals surface area (Å²) in [4.78, 5) is 1.06. The molecule has 0 aromatic rings. The van der Waals surface area contributed by atoms with Gasteiger partial charge >= 0.3 is 0 Å². The van der Waals surface area contributed by atoms with Gasteiger partial charge in [-0.1, -0.05) is 4.32 Å². The Hall–Kier alpha value is -1.25. The van der Waals surface area contributed by atoms with Crippen molar-refractivity contribution in [3.8, 4) is 0 Å². The Kier molecular flexibility index (Phi) is 22.6. The summed E-state index contributed by atoms with van der Waals surface area (Å²) < 4.78 is 80.7. The number of likely N-dealkylation sites (N-methyl/N-ethyl adjacent to an activating group) is 1. The molecule has 0 saturated carbocycles. The maximum Gasteiger partial charge on any atom is 0.187 e. The SMILES string of the molecule is CN(C(=S)[S-])[C@@H]1[C@H]2O[C@@H]3[C@H](O)[C@@H](O)[C@@H](O[C@H]3CO)O[C@@H]3C(O)[C@@H](O)[C@@H](O[C@H]3CO)O[C@@H]3C(O)[C@@H](O)[C@H](O[C@@H]4[C@H](O)[C@H](O)C(OC5[C@@H](CO)OC(OC6[C@@H](CO)O[C@H](O[C@@H]([C@@H]1O)[C@@H](CO)O2)[C@@H](O)[C@H]6O)[C@@H](O)[C@H]5O)O[C@@H]4CO)O[C@H]3CO. The number of fused-ring (bicyclic) bond motifs is 7. The highest BCUT2D eigenvalue weighted by Crippen LogP contribution is 2.39. The molecule has 0 radical (unpaired) electrons. The molecule has 15 heterocycles. The Labute approximate surface area is 469 Å². The molecule has 15 fully saturated rings. The third-order valence-corrected chi connectivity index (χ3v) is 16.1. The lowest BCUT2D eigenvalue weighted by Gasteiger charge is -2.52. The first-order valence-corrected chi connectivity index (χ1v) is 26.5. The fourth-order valence-electron chi connectivity index (χ4n) is 10.9. The van der Waals surface area contributed by atoms with Crippen LogP contribution in [0.1, 0.15) is 0 Å². The van der Waals surface area contributed by atoms with Gasteiger partial charge in [0.1, 0.15) is 171 Å². The zero-order valence-electron chi connectivity index (χ0n) is 42.6. The number of ether oxygens (including phenoxy) is 14. The molecule has 0 aromatic heterocycles. The average Bonchev–Trinajstić information content (AvgIpc) is 3.60. The minimum atomic E-state index is -2.21. The highest BCUT2D eigenvalue weighted by Gasteiger charge is 2.60. The zero-order chi connectivity index (χ0) is 59.2. The Balaban J connectivity index is 1.11. The normalized spacial score (nSPS) is 53.1. The number of rotatable bonds is 8. The van der Waals surface area contributed by atoms with Gasteiger partial charge in [-0.05, 0) is 0 Å². The molecule has 470 valence electrons. The van der Waals surface area contributed by atoms with Gasteiger partial charge in [-0.2, -0.15) is 0 Å². The second-order valence-electron chi connectivity index (χ2n) is 20.5. The van der Waals surface area contributed by atoms with Crippen LogP contribution in [-0.2, 0) is 78.9 Å². The molecule has 15 aliphatic rings. The second kappa shape index (κ2) is 27.8. The van der Waals surface area contributed by atoms with E-state index in [1.807, 2.05) is 0 Å². The molecule has 14 bridgehead atoms. The summed E-state index contributed by atoms with van der Waals surface area (Å²) in [7, 11) is 1.27. The molecular formula is C44H72NO34S2-. The molecule has 0 amide bonds. The van der Waals surface area contributed by atoms with Gasteiger partial charge in [-0.25, -0.2) is 0 Å². The summed E-state index contributed by atoms with van der Waals surface area (Å²) in [6, 6.07) is -1.61. The molecule has 0 aromatic carbocycles. The van der Waals surface area contributed by atoms with Crippen LogP contribution in [0.4, 0.5) is 0 Å². The number of hydrogen-bond acceptors (Lipinski definition) is 36. The van der Waals surface area contributed by atoms with Crippen molar-refractivity contribution in [1.82, 2.24) is 4.90 Å². The maximum absolute atomic E-state index is 12.0. The number of nitrogens with zero attached hydrogens (tertiary/aromatic N) is 1. The van der Waals surface area contributed by atoms with Crippen molar-refractivity contribution in [3.63, 3.8) is 0 Å². The van der Waals surface area contributed by atoms with E-state index in [1.54, 1.807) is 0 Å². The van der Waals surface area contributed by atoms with Gasteiger partial charge in [0.05, 0.1) is 46.2 Å². The molecular weight excluding hydrogens is 1150 g/mol. The lowest BCUT2D eigenvalue weighted by molar-refractivity contribution is -0.396. The quantitative estimate of drug-likeness (QED) is 0.0793. The summed E-state index contributed by atoms with van der Waals surface area (Å²) in [6.07, 6.45) is -67.4. The van der Waals surface area contributed by atoms with Gasteiger partial charge in [0.15, 0.2) is 44.0 Å². The van der Waals surface area contributed by atoms with E-state index in [4.69, 9.17) is 91.2 Å². The van der Waals surface area contributed by atoms with Gasteiger partial charge in [0.2, 0.25) is 0 Å². The summed E-state index contributed by atoms with van der Waals surface area (Å²) in [5.41, 5.74) is 0. The van der Waals surface area contributed by atoms with Gasteiger partial charge in [-0.15, -0.1) is 0 Å². The maximum atomic E-state index is 12.0. The van der Waals surface area contributed by atoms with Crippen molar-refractivity contribution in [3.05, 3.63) is 0 Å². The van der Waals surface area contributed by atoms with Crippen LogP contribution in [0.3, 0.4) is 0 Å². The van der Waals surface area contributed by atoms with Crippen molar-refractivity contribution in [2.24, 2.45) is 0 Å². The van der Waals surface area contributed by atoms with Crippen LogP contribution in [0.5, 0.6) is 0 Å². The molecule has 6 unspecified atom stereocenters. The summed E-state index contributed by atoms with van der Waals surface area (Å²) in [5, 5.41) is 222. The second-order valence-corrected chi connectivity index (χ2v) is 21.6. The predicted molar refractivity (Wildman–Crippen MR) is 254 cm³/mol. The molecule has 35 atom stereocenters.